The highest BCUT2D eigenvalue weighted by molar-refractivity contribution is 5.90. The molecular weight excluding hydrogens is 353 g/mol. The van der Waals surface area contributed by atoms with Crippen LogP contribution in [0.15, 0.2) is 59.7 Å². The number of para-hydroxylation sites is 1. The van der Waals surface area contributed by atoms with Crippen molar-refractivity contribution in [1.82, 2.24) is 9.55 Å². The Kier molecular flexibility index (Phi) is 4.29. The van der Waals surface area contributed by atoms with Gasteiger partial charge in [-0.1, -0.05) is 12.1 Å². The summed E-state index contributed by atoms with van der Waals surface area (Å²) in [5.74, 6) is 0.147. The van der Waals surface area contributed by atoms with E-state index < -0.39 is 17.3 Å². The van der Waals surface area contributed by atoms with Crippen molar-refractivity contribution in [3.63, 3.8) is 0 Å². The summed E-state index contributed by atoms with van der Waals surface area (Å²) < 4.78 is 25.3. The van der Waals surface area contributed by atoms with Gasteiger partial charge in [0.25, 0.3) is 5.56 Å². The second-order valence-electron chi connectivity index (χ2n) is 5.84. The first-order valence-electron chi connectivity index (χ1n) is 8.11. The molecule has 0 atom stereocenters. The average molecular weight is 367 g/mol. The molecule has 0 unspecified atom stereocenters. The van der Waals surface area contributed by atoms with Gasteiger partial charge in [-0.05, 0) is 30.3 Å². The van der Waals surface area contributed by atoms with Crippen molar-refractivity contribution in [2.24, 2.45) is 0 Å². The highest BCUT2D eigenvalue weighted by Gasteiger charge is 2.15. The maximum absolute atomic E-state index is 13.6. The van der Waals surface area contributed by atoms with E-state index in [0.29, 0.717) is 22.8 Å². The lowest BCUT2D eigenvalue weighted by atomic mass is 10.1. The number of aromatic nitrogens is 2. The van der Waals surface area contributed by atoms with Crippen LogP contribution < -0.4 is 20.3 Å². The van der Waals surface area contributed by atoms with Gasteiger partial charge in [-0.3, -0.25) is 14.2 Å². The normalized spacial score (nSPS) is 12.0. The average Bonchev–Trinajstić information content (AvgIpc) is 3.13. The Morgan fingerprint density at radius 2 is 1.96 bits per heavy atom. The summed E-state index contributed by atoms with van der Waals surface area (Å²) >= 11 is 0. The maximum Gasteiger partial charge on any atom is 0.254 e. The molecule has 2 aromatic carbocycles. The fraction of sp³-hybridized carbons (Fsp3) is 0.105. The molecule has 27 heavy (non-hydrogen) atoms. The number of carbonyl (C=O) groups excluding carboxylic acids is 1. The van der Waals surface area contributed by atoms with E-state index in [0.717, 1.165) is 4.57 Å². The molecule has 1 aliphatic rings. The van der Waals surface area contributed by atoms with Crippen LogP contribution >= 0.6 is 0 Å². The second-order valence-corrected chi connectivity index (χ2v) is 5.84. The second kappa shape index (κ2) is 6.91. The van der Waals surface area contributed by atoms with Crippen molar-refractivity contribution in [1.29, 1.82) is 0 Å². The van der Waals surface area contributed by atoms with E-state index in [4.69, 9.17) is 9.47 Å². The van der Waals surface area contributed by atoms with E-state index in [1.165, 1.54) is 30.6 Å². The first-order chi connectivity index (χ1) is 13.1. The van der Waals surface area contributed by atoms with Crippen LogP contribution in [0.1, 0.15) is 0 Å². The monoisotopic (exact) mass is 367 g/mol. The van der Waals surface area contributed by atoms with Gasteiger partial charge in [0, 0.05) is 11.6 Å². The van der Waals surface area contributed by atoms with Crippen molar-refractivity contribution in [3.8, 4) is 22.8 Å². The Morgan fingerprint density at radius 3 is 2.78 bits per heavy atom. The molecule has 0 fully saturated rings. The predicted molar refractivity (Wildman–Crippen MR) is 95.1 cm³/mol. The molecule has 0 saturated carbocycles. The molecule has 8 heteroatoms. The molecular formula is C19H14FN3O4. The van der Waals surface area contributed by atoms with Gasteiger partial charge < -0.3 is 14.8 Å². The molecule has 3 aromatic rings. The lowest BCUT2D eigenvalue weighted by Gasteiger charge is -2.09. The first-order valence-corrected chi connectivity index (χ1v) is 8.11. The van der Waals surface area contributed by atoms with Crippen molar-refractivity contribution in [3.05, 3.63) is 71.0 Å². The summed E-state index contributed by atoms with van der Waals surface area (Å²) in [4.78, 5) is 28.6. The summed E-state index contributed by atoms with van der Waals surface area (Å²) in [6.45, 7) is -0.119. The molecule has 1 aliphatic heterocycles. The molecule has 2 heterocycles. The zero-order valence-electron chi connectivity index (χ0n) is 14.0. The highest BCUT2D eigenvalue weighted by atomic mass is 19.1. The fourth-order valence-electron chi connectivity index (χ4n) is 2.67. The molecule has 0 aliphatic carbocycles. The molecule has 1 amide bonds. The van der Waals surface area contributed by atoms with Gasteiger partial charge in [0.05, 0.1) is 17.7 Å². The van der Waals surface area contributed by atoms with Crippen LogP contribution in [0.5, 0.6) is 11.5 Å². The molecule has 0 radical (unpaired) electrons. The Balaban J connectivity index is 1.51. The maximum atomic E-state index is 13.6. The number of nitrogens with zero attached hydrogens (tertiary/aromatic N) is 2. The zero-order chi connectivity index (χ0) is 18.8. The largest absolute Gasteiger partial charge is 0.454 e. The van der Waals surface area contributed by atoms with Crippen LogP contribution in [-0.4, -0.2) is 22.3 Å². The minimum Gasteiger partial charge on any atom is -0.454 e. The zero-order valence-corrected chi connectivity index (χ0v) is 14.0. The van der Waals surface area contributed by atoms with Crippen LogP contribution in [-0.2, 0) is 11.3 Å². The summed E-state index contributed by atoms with van der Waals surface area (Å²) in [7, 11) is 0. The number of anilines is 1. The van der Waals surface area contributed by atoms with E-state index in [2.05, 4.69) is 10.3 Å². The van der Waals surface area contributed by atoms with E-state index in [1.807, 2.05) is 0 Å². The Morgan fingerprint density at radius 1 is 1.15 bits per heavy atom. The van der Waals surface area contributed by atoms with Gasteiger partial charge in [-0.2, -0.15) is 0 Å². The van der Waals surface area contributed by atoms with Gasteiger partial charge >= 0.3 is 0 Å². The standard InChI is InChI=1S/C19H14FN3O4/c20-13-3-1-2-4-14(13)22-18(24)9-23-10-21-15(8-19(23)25)12-5-6-16-17(7-12)27-11-26-16/h1-8,10H,9,11H2,(H,22,24). The van der Waals surface area contributed by atoms with Gasteiger partial charge in [-0.25, -0.2) is 9.37 Å². The highest BCUT2D eigenvalue weighted by Crippen LogP contribution is 2.35. The van der Waals surface area contributed by atoms with Crippen LogP contribution in [0.25, 0.3) is 11.3 Å². The van der Waals surface area contributed by atoms with E-state index in [9.17, 15) is 14.0 Å². The SMILES string of the molecule is O=C(Cn1cnc(-c2ccc3c(c2)OCO3)cc1=O)Nc1ccccc1F. The summed E-state index contributed by atoms with van der Waals surface area (Å²) in [6, 6.07) is 12.4. The van der Waals surface area contributed by atoms with Crippen LogP contribution in [0, 0.1) is 5.82 Å². The Hall–Kier alpha value is -3.68. The molecule has 4 rings (SSSR count). The molecule has 0 spiro atoms. The topological polar surface area (TPSA) is 82.5 Å². The third-order valence-electron chi connectivity index (χ3n) is 4.01. The lowest BCUT2D eigenvalue weighted by molar-refractivity contribution is -0.116. The van der Waals surface area contributed by atoms with E-state index in [1.54, 1.807) is 24.3 Å². The predicted octanol–water partition coefficient (Wildman–Crippen LogP) is 2.42. The van der Waals surface area contributed by atoms with E-state index >= 15 is 0 Å². The van der Waals surface area contributed by atoms with Gasteiger partial charge in [-0.15, -0.1) is 0 Å². The first kappa shape index (κ1) is 16.8. The summed E-state index contributed by atoms with van der Waals surface area (Å²) in [6.07, 6.45) is 1.28. The molecule has 0 saturated heterocycles. The number of halogens is 1. The molecule has 1 N–H and O–H groups in total. The fourth-order valence-corrected chi connectivity index (χ4v) is 2.67. The smallest absolute Gasteiger partial charge is 0.254 e. The van der Waals surface area contributed by atoms with Crippen LogP contribution in [0.4, 0.5) is 10.1 Å². The number of hydrogen-bond acceptors (Lipinski definition) is 5. The number of hydrogen-bond donors (Lipinski definition) is 1. The molecule has 7 nitrogen and oxygen atoms in total. The Bertz CT molecular complexity index is 1080. The Labute approximate surface area is 153 Å². The van der Waals surface area contributed by atoms with Crippen LogP contribution in [0.3, 0.4) is 0 Å². The van der Waals surface area contributed by atoms with Crippen LogP contribution in [0.2, 0.25) is 0 Å². The number of nitrogens with one attached hydrogen (secondary N) is 1. The number of benzene rings is 2. The third-order valence-corrected chi connectivity index (χ3v) is 4.01. The number of fused-ring (bicyclic) bond motifs is 1. The van der Waals surface area contributed by atoms with Gasteiger partial charge in [0.15, 0.2) is 11.5 Å². The van der Waals surface area contributed by atoms with Crippen molar-refractivity contribution < 1.29 is 18.7 Å². The summed E-state index contributed by atoms with van der Waals surface area (Å²) in [5.41, 5.74) is 0.796. The van der Waals surface area contributed by atoms with E-state index in [-0.39, 0.29) is 19.0 Å². The molecule has 136 valence electrons. The van der Waals surface area contributed by atoms with Gasteiger partial charge in [0.2, 0.25) is 12.7 Å². The number of amides is 1. The quantitative estimate of drug-likeness (QED) is 0.766. The van der Waals surface area contributed by atoms with Crippen molar-refractivity contribution in [2.45, 2.75) is 6.54 Å². The number of rotatable bonds is 4. The molecule has 1 aromatic heterocycles. The van der Waals surface area contributed by atoms with Crippen molar-refractivity contribution >= 4 is 11.6 Å². The third kappa shape index (κ3) is 3.50. The number of carbonyl (C=O) groups is 1. The van der Waals surface area contributed by atoms with Crippen molar-refractivity contribution in [2.75, 3.05) is 12.1 Å². The lowest BCUT2D eigenvalue weighted by Crippen LogP contribution is -2.27. The molecule has 0 bridgehead atoms. The minimum atomic E-state index is -0.547. The minimum absolute atomic E-state index is 0.0560. The van der Waals surface area contributed by atoms with Gasteiger partial charge in [0.1, 0.15) is 12.4 Å². The summed E-state index contributed by atoms with van der Waals surface area (Å²) in [5, 5.41) is 2.43. The number of ether oxygens (including phenoxy) is 2.